The van der Waals surface area contributed by atoms with Gasteiger partial charge in [0, 0.05) is 26.2 Å². The number of ether oxygens (including phenoxy) is 1. The van der Waals surface area contributed by atoms with E-state index in [1.54, 1.807) is 47.0 Å². The van der Waals surface area contributed by atoms with Crippen molar-refractivity contribution in [3.05, 3.63) is 48.0 Å². The Bertz CT molecular complexity index is 1050. The van der Waals surface area contributed by atoms with Gasteiger partial charge in [-0.05, 0) is 48.9 Å². The first-order valence-corrected chi connectivity index (χ1v) is 11.0. The predicted octanol–water partition coefficient (Wildman–Crippen LogP) is 3.12. The number of aromatic nitrogens is 1. The maximum absolute atomic E-state index is 12.9. The fourth-order valence-electron chi connectivity index (χ4n) is 3.17. The monoisotopic (exact) mass is 403 g/mol. The molecule has 0 aliphatic carbocycles. The third-order valence-corrected chi connectivity index (χ3v) is 7.73. The third kappa shape index (κ3) is 3.52. The van der Waals surface area contributed by atoms with Crippen LogP contribution in [-0.2, 0) is 10.0 Å². The second kappa shape index (κ2) is 7.10. The molecule has 142 valence electrons. The van der Waals surface area contributed by atoms with E-state index >= 15 is 0 Å². The minimum atomic E-state index is -3.49. The first-order chi connectivity index (χ1) is 13.0. The first-order valence-electron chi connectivity index (χ1n) is 8.74. The average molecular weight is 404 g/mol. The third-order valence-electron chi connectivity index (χ3n) is 4.74. The quantitative estimate of drug-likeness (QED) is 0.670. The molecule has 0 amide bonds. The molecule has 1 aromatic heterocycles. The van der Waals surface area contributed by atoms with E-state index in [1.165, 1.54) is 10.3 Å². The van der Waals surface area contributed by atoms with Gasteiger partial charge in [0.25, 0.3) is 0 Å². The van der Waals surface area contributed by atoms with Gasteiger partial charge in [-0.3, -0.25) is 0 Å². The van der Waals surface area contributed by atoms with E-state index in [4.69, 9.17) is 9.72 Å². The Balaban J connectivity index is 1.48. The molecule has 0 atom stereocenters. The Morgan fingerprint density at radius 2 is 1.74 bits per heavy atom. The normalized spacial score (nSPS) is 16.0. The topological polar surface area (TPSA) is 62.7 Å². The van der Waals surface area contributed by atoms with Crippen molar-refractivity contribution < 1.29 is 13.2 Å². The van der Waals surface area contributed by atoms with Crippen LogP contribution < -0.4 is 9.64 Å². The Hall–Kier alpha value is -2.16. The molecule has 0 unspecified atom stereocenters. The summed E-state index contributed by atoms with van der Waals surface area (Å²) >= 11 is 1.66. The maximum Gasteiger partial charge on any atom is 0.243 e. The van der Waals surface area contributed by atoms with Crippen LogP contribution in [-0.4, -0.2) is 51.0 Å². The van der Waals surface area contributed by atoms with E-state index in [2.05, 4.69) is 24.0 Å². The lowest BCUT2D eigenvalue weighted by atomic mass is 10.2. The summed E-state index contributed by atoms with van der Waals surface area (Å²) in [5, 5.41) is 0.956. The number of hydrogen-bond donors (Lipinski definition) is 0. The van der Waals surface area contributed by atoms with Gasteiger partial charge < -0.3 is 9.64 Å². The van der Waals surface area contributed by atoms with Gasteiger partial charge in [-0.15, -0.1) is 0 Å². The van der Waals surface area contributed by atoms with Gasteiger partial charge >= 0.3 is 0 Å². The van der Waals surface area contributed by atoms with Crippen molar-refractivity contribution in [3.63, 3.8) is 0 Å². The number of piperazine rings is 1. The summed E-state index contributed by atoms with van der Waals surface area (Å²) in [6.45, 7) is 4.23. The first kappa shape index (κ1) is 18.2. The van der Waals surface area contributed by atoms with Crippen molar-refractivity contribution >= 4 is 36.7 Å². The van der Waals surface area contributed by atoms with Gasteiger partial charge in [0.2, 0.25) is 10.0 Å². The van der Waals surface area contributed by atoms with Crippen LogP contribution >= 0.6 is 11.3 Å². The molecule has 2 heterocycles. The van der Waals surface area contributed by atoms with Crippen molar-refractivity contribution in [1.82, 2.24) is 9.29 Å². The van der Waals surface area contributed by atoms with Crippen LogP contribution in [0.4, 0.5) is 5.13 Å². The molecule has 27 heavy (non-hydrogen) atoms. The molecular weight excluding hydrogens is 382 g/mol. The summed E-state index contributed by atoms with van der Waals surface area (Å²) in [6.07, 6.45) is 0. The molecule has 1 aliphatic heterocycles. The van der Waals surface area contributed by atoms with Crippen LogP contribution in [0.25, 0.3) is 10.2 Å². The van der Waals surface area contributed by atoms with Gasteiger partial charge in [0.15, 0.2) is 5.13 Å². The molecular formula is C19H21N3O3S2. The minimum Gasteiger partial charge on any atom is -0.497 e. The van der Waals surface area contributed by atoms with Crippen molar-refractivity contribution in [2.75, 3.05) is 38.2 Å². The predicted molar refractivity (Wildman–Crippen MR) is 108 cm³/mol. The van der Waals surface area contributed by atoms with Crippen molar-refractivity contribution in [2.24, 2.45) is 0 Å². The molecule has 1 aliphatic rings. The molecule has 1 fully saturated rings. The molecule has 0 bridgehead atoms. The second-order valence-corrected chi connectivity index (χ2v) is 9.48. The van der Waals surface area contributed by atoms with E-state index in [9.17, 15) is 8.42 Å². The molecule has 3 aromatic rings. The zero-order valence-electron chi connectivity index (χ0n) is 15.3. The summed E-state index contributed by atoms with van der Waals surface area (Å²) in [5.74, 6) is 0.643. The smallest absolute Gasteiger partial charge is 0.243 e. The molecule has 0 N–H and O–H groups in total. The molecule has 1 saturated heterocycles. The Labute approximate surface area is 163 Å². The van der Waals surface area contributed by atoms with Crippen LogP contribution in [0.3, 0.4) is 0 Å². The number of aryl methyl sites for hydroxylation is 1. The van der Waals surface area contributed by atoms with Crippen molar-refractivity contribution in [2.45, 2.75) is 11.8 Å². The molecule has 0 spiro atoms. The number of rotatable bonds is 4. The van der Waals surface area contributed by atoms with E-state index in [1.807, 2.05) is 6.07 Å². The Morgan fingerprint density at radius 3 is 2.41 bits per heavy atom. The molecule has 6 nitrogen and oxygen atoms in total. The van der Waals surface area contributed by atoms with Crippen LogP contribution in [0.2, 0.25) is 0 Å². The van der Waals surface area contributed by atoms with Crippen LogP contribution in [0.15, 0.2) is 47.4 Å². The highest BCUT2D eigenvalue weighted by molar-refractivity contribution is 7.89. The molecule has 2 aromatic carbocycles. The van der Waals surface area contributed by atoms with E-state index in [-0.39, 0.29) is 0 Å². The van der Waals surface area contributed by atoms with Crippen LogP contribution in [0, 0.1) is 6.92 Å². The number of thiazole rings is 1. The zero-order chi connectivity index (χ0) is 19.0. The van der Waals surface area contributed by atoms with Crippen LogP contribution in [0.1, 0.15) is 5.56 Å². The van der Waals surface area contributed by atoms with Gasteiger partial charge in [-0.25, -0.2) is 13.4 Å². The average Bonchev–Trinajstić information content (AvgIpc) is 3.11. The number of methoxy groups -OCH3 is 1. The van der Waals surface area contributed by atoms with Crippen molar-refractivity contribution in [3.8, 4) is 5.75 Å². The summed E-state index contributed by atoms with van der Waals surface area (Å²) in [5.41, 5.74) is 2.21. The second-order valence-electron chi connectivity index (χ2n) is 6.53. The van der Waals surface area contributed by atoms with E-state index in [0.717, 1.165) is 10.6 Å². The minimum absolute atomic E-state index is 0.298. The van der Waals surface area contributed by atoms with E-state index < -0.39 is 10.0 Å². The van der Waals surface area contributed by atoms with Gasteiger partial charge in [-0.1, -0.05) is 17.4 Å². The number of sulfonamides is 1. The number of benzene rings is 2. The molecule has 0 radical (unpaired) electrons. The lowest BCUT2D eigenvalue weighted by Crippen LogP contribution is -2.48. The molecule has 8 heteroatoms. The fourth-order valence-corrected chi connectivity index (χ4v) is 5.71. The highest BCUT2D eigenvalue weighted by atomic mass is 32.2. The highest BCUT2D eigenvalue weighted by Gasteiger charge is 2.29. The summed E-state index contributed by atoms with van der Waals surface area (Å²) < 4.78 is 33.5. The summed E-state index contributed by atoms with van der Waals surface area (Å²) in [7, 11) is -1.93. The standard InChI is InChI=1S/C19H21N3O3S2/c1-14-3-8-17-18(13-14)26-19(20-17)21-9-11-22(12-10-21)27(23,24)16-6-4-15(25-2)5-7-16/h3-8,13H,9-12H2,1-2H3. The van der Waals surface area contributed by atoms with Gasteiger partial charge in [0.1, 0.15) is 5.75 Å². The fraction of sp³-hybridized carbons (Fsp3) is 0.316. The Kier molecular flexibility index (Phi) is 4.79. The van der Waals surface area contributed by atoms with Gasteiger partial charge in [-0.2, -0.15) is 4.31 Å². The highest BCUT2D eigenvalue weighted by Crippen LogP contribution is 2.30. The summed E-state index contributed by atoms with van der Waals surface area (Å²) in [4.78, 5) is 7.17. The number of hydrogen-bond acceptors (Lipinski definition) is 6. The van der Waals surface area contributed by atoms with Gasteiger partial charge in [0.05, 0.1) is 22.2 Å². The zero-order valence-corrected chi connectivity index (χ0v) is 16.9. The number of anilines is 1. The SMILES string of the molecule is COc1ccc(S(=O)(=O)N2CCN(c3nc4ccc(C)cc4s3)CC2)cc1. The summed E-state index contributed by atoms with van der Waals surface area (Å²) in [6, 6.07) is 12.8. The van der Waals surface area contributed by atoms with Crippen LogP contribution in [0.5, 0.6) is 5.75 Å². The lowest BCUT2D eigenvalue weighted by molar-refractivity contribution is 0.384. The number of fused-ring (bicyclic) bond motifs is 1. The van der Waals surface area contributed by atoms with Crippen molar-refractivity contribution in [1.29, 1.82) is 0 Å². The van der Waals surface area contributed by atoms with E-state index in [0.29, 0.717) is 36.8 Å². The number of nitrogens with zero attached hydrogens (tertiary/aromatic N) is 3. The largest absolute Gasteiger partial charge is 0.497 e. The lowest BCUT2D eigenvalue weighted by Gasteiger charge is -2.33. The molecule has 4 rings (SSSR count). The maximum atomic E-state index is 12.9. The molecule has 0 saturated carbocycles. The Morgan fingerprint density at radius 1 is 1.04 bits per heavy atom.